The number of carbonyl (C=O) groups excluding carboxylic acids is 1. The number of carbonyl (C=O) groups is 1. The van der Waals surface area contributed by atoms with Gasteiger partial charge in [-0.2, -0.15) is 0 Å². The van der Waals surface area contributed by atoms with Crippen molar-refractivity contribution >= 4 is 22.5 Å². The van der Waals surface area contributed by atoms with Crippen molar-refractivity contribution in [2.45, 2.75) is 26.3 Å². The summed E-state index contributed by atoms with van der Waals surface area (Å²) in [5, 5.41) is 0.536. The minimum atomic E-state index is -0.191. The lowest BCUT2D eigenvalue weighted by Gasteiger charge is -2.30. The van der Waals surface area contributed by atoms with Gasteiger partial charge in [-0.3, -0.25) is 14.2 Å². The van der Waals surface area contributed by atoms with E-state index in [1.807, 2.05) is 37.3 Å². The minimum absolute atomic E-state index is 0.0266. The van der Waals surface area contributed by atoms with Gasteiger partial charge in [0.2, 0.25) is 5.91 Å². The van der Waals surface area contributed by atoms with Crippen LogP contribution in [0.15, 0.2) is 47.5 Å². The van der Waals surface area contributed by atoms with Gasteiger partial charge in [-0.15, -0.1) is 0 Å². The Kier molecular flexibility index (Phi) is 4.39. The van der Waals surface area contributed by atoms with Crippen LogP contribution in [0.25, 0.3) is 10.9 Å². The molecule has 2 heterocycles. The molecule has 0 fully saturated rings. The first-order chi connectivity index (χ1) is 13.1. The molecule has 0 radical (unpaired) electrons. The maximum Gasteiger partial charge on any atom is 0.261 e. The third-order valence-corrected chi connectivity index (χ3v) is 5.07. The Bertz CT molecular complexity index is 1090. The van der Waals surface area contributed by atoms with E-state index < -0.39 is 0 Å². The molecule has 0 saturated carbocycles. The highest BCUT2D eigenvalue weighted by atomic mass is 16.5. The number of para-hydroxylation sites is 1. The largest absolute Gasteiger partial charge is 0.497 e. The zero-order valence-electron chi connectivity index (χ0n) is 15.4. The molecule has 0 spiro atoms. The van der Waals surface area contributed by atoms with Crippen LogP contribution in [-0.2, 0) is 17.8 Å². The number of methoxy groups -OCH3 is 1. The maximum absolute atomic E-state index is 12.9. The average Bonchev–Trinajstić information content (AvgIpc) is 2.69. The quantitative estimate of drug-likeness (QED) is 0.718. The second-order valence-electron chi connectivity index (χ2n) is 6.79. The molecule has 0 aliphatic carbocycles. The van der Waals surface area contributed by atoms with Gasteiger partial charge in [0, 0.05) is 12.2 Å². The Morgan fingerprint density at radius 3 is 2.93 bits per heavy atom. The third kappa shape index (κ3) is 3.07. The van der Waals surface area contributed by atoms with E-state index >= 15 is 0 Å². The first-order valence-electron chi connectivity index (χ1n) is 9.00. The first-order valence-corrected chi connectivity index (χ1v) is 9.00. The minimum Gasteiger partial charge on any atom is -0.497 e. The number of rotatable bonds is 3. The van der Waals surface area contributed by atoms with Crippen molar-refractivity contribution in [3.05, 3.63) is 64.2 Å². The number of fused-ring (bicyclic) bond motifs is 2. The summed E-state index contributed by atoms with van der Waals surface area (Å²) in [6.45, 7) is 2.54. The van der Waals surface area contributed by atoms with E-state index in [-0.39, 0.29) is 18.0 Å². The number of hydrogen-bond acceptors (Lipinski definition) is 4. The molecule has 0 atom stereocenters. The molecule has 1 amide bonds. The van der Waals surface area contributed by atoms with Gasteiger partial charge >= 0.3 is 0 Å². The first kappa shape index (κ1) is 17.3. The molecule has 0 unspecified atom stereocenters. The van der Waals surface area contributed by atoms with E-state index in [1.54, 1.807) is 18.1 Å². The van der Waals surface area contributed by atoms with Gasteiger partial charge in [-0.05, 0) is 55.2 Å². The van der Waals surface area contributed by atoms with Crippen molar-refractivity contribution in [3.8, 4) is 5.75 Å². The lowest BCUT2D eigenvalue weighted by atomic mass is 10.0. The molecule has 1 aromatic heterocycles. The van der Waals surface area contributed by atoms with Crippen molar-refractivity contribution in [3.63, 3.8) is 0 Å². The molecule has 4 rings (SSSR count). The molecule has 1 aliphatic rings. The monoisotopic (exact) mass is 363 g/mol. The van der Waals surface area contributed by atoms with Gasteiger partial charge in [0.25, 0.3) is 5.56 Å². The number of ether oxygens (including phenoxy) is 1. The number of hydrogen-bond donors (Lipinski definition) is 0. The van der Waals surface area contributed by atoms with Crippen LogP contribution < -0.4 is 15.2 Å². The van der Waals surface area contributed by atoms with Crippen molar-refractivity contribution in [1.29, 1.82) is 0 Å². The van der Waals surface area contributed by atoms with Crippen molar-refractivity contribution < 1.29 is 9.53 Å². The molecular formula is C21H21N3O3. The molecule has 0 bridgehead atoms. The molecule has 6 nitrogen and oxygen atoms in total. The van der Waals surface area contributed by atoms with Crippen LogP contribution in [0, 0.1) is 6.92 Å². The van der Waals surface area contributed by atoms with Crippen molar-refractivity contribution in [2.24, 2.45) is 0 Å². The summed E-state index contributed by atoms with van der Waals surface area (Å²) in [4.78, 5) is 31.8. The van der Waals surface area contributed by atoms with Gasteiger partial charge in [0.15, 0.2) is 0 Å². The summed E-state index contributed by atoms with van der Waals surface area (Å²) in [6.07, 6.45) is 3.26. The zero-order valence-corrected chi connectivity index (χ0v) is 15.4. The molecule has 3 aromatic rings. The molecule has 0 saturated heterocycles. The fourth-order valence-corrected chi connectivity index (χ4v) is 3.64. The van der Waals surface area contributed by atoms with Gasteiger partial charge in [-0.25, -0.2) is 4.98 Å². The molecule has 1 aliphatic heterocycles. The SMILES string of the molecule is COc1ccc2c(c1)CCCN2C(=O)Cn1cnc2c(C)cccc2c1=O. The van der Waals surface area contributed by atoms with Crippen LogP contribution in [0.2, 0.25) is 0 Å². The lowest BCUT2D eigenvalue weighted by Crippen LogP contribution is -2.39. The van der Waals surface area contributed by atoms with E-state index in [0.29, 0.717) is 17.4 Å². The normalized spacial score (nSPS) is 13.5. The van der Waals surface area contributed by atoms with Gasteiger partial charge in [0.1, 0.15) is 12.3 Å². The summed E-state index contributed by atoms with van der Waals surface area (Å²) in [5.41, 5.74) is 3.42. The fraction of sp³-hybridized carbons (Fsp3) is 0.286. The fourth-order valence-electron chi connectivity index (χ4n) is 3.64. The smallest absolute Gasteiger partial charge is 0.261 e. The predicted molar refractivity (Wildman–Crippen MR) is 104 cm³/mol. The van der Waals surface area contributed by atoms with E-state index in [1.165, 1.54) is 10.9 Å². The topological polar surface area (TPSA) is 64.4 Å². The third-order valence-electron chi connectivity index (χ3n) is 5.07. The van der Waals surface area contributed by atoms with Crippen LogP contribution in [-0.4, -0.2) is 29.1 Å². The second-order valence-corrected chi connectivity index (χ2v) is 6.79. The molecular weight excluding hydrogens is 342 g/mol. The number of anilines is 1. The lowest BCUT2D eigenvalue weighted by molar-refractivity contribution is -0.119. The van der Waals surface area contributed by atoms with Gasteiger partial charge in [-0.1, -0.05) is 12.1 Å². The maximum atomic E-state index is 12.9. The Morgan fingerprint density at radius 1 is 1.26 bits per heavy atom. The molecule has 2 aromatic carbocycles. The summed E-state index contributed by atoms with van der Waals surface area (Å²) in [6, 6.07) is 11.2. The summed E-state index contributed by atoms with van der Waals surface area (Å²) < 4.78 is 6.67. The highest BCUT2D eigenvalue weighted by Crippen LogP contribution is 2.30. The van der Waals surface area contributed by atoms with E-state index in [0.717, 1.165) is 35.4 Å². The van der Waals surface area contributed by atoms with E-state index in [9.17, 15) is 9.59 Å². The standard InChI is InChI=1S/C21H21N3O3/c1-14-5-3-7-17-20(14)22-13-23(21(17)26)12-19(25)24-10-4-6-15-11-16(27-2)8-9-18(15)24/h3,5,7-9,11,13H,4,6,10,12H2,1-2H3. The zero-order chi connectivity index (χ0) is 19.0. The van der Waals surface area contributed by atoms with Crippen molar-refractivity contribution in [2.75, 3.05) is 18.6 Å². The van der Waals surface area contributed by atoms with Crippen molar-refractivity contribution in [1.82, 2.24) is 9.55 Å². The van der Waals surface area contributed by atoms with Crippen LogP contribution in [0.1, 0.15) is 17.5 Å². The number of nitrogens with zero attached hydrogens (tertiary/aromatic N) is 3. The molecule has 0 N–H and O–H groups in total. The summed E-state index contributed by atoms with van der Waals surface area (Å²) in [7, 11) is 1.63. The van der Waals surface area contributed by atoms with E-state index in [4.69, 9.17) is 4.74 Å². The average molecular weight is 363 g/mol. The Hall–Kier alpha value is -3.15. The second kappa shape index (κ2) is 6.87. The van der Waals surface area contributed by atoms with Crippen LogP contribution in [0.4, 0.5) is 5.69 Å². The number of amides is 1. The highest BCUT2D eigenvalue weighted by Gasteiger charge is 2.23. The Labute approximate surface area is 157 Å². The Morgan fingerprint density at radius 2 is 2.11 bits per heavy atom. The van der Waals surface area contributed by atoms with Gasteiger partial charge < -0.3 is 9.64 Å². The predicted octanol–water partition coefficient (Wildman–Crippen LogP) is 2.69. The molecule has 6 heteroatoms. The number of aromatic nitrogens is 2. The van der Waals surface area contributed by atoms with Crippen LogP contribution >= 0.6 is 0 Å². The Balaban J connectivity index is 1.65. The van der Waals surface area contributed by atoms with E-state index in [2.05, 4.69) is 4.98 Å². The highest BCUT2D eigenvalue weighted by molar-refractivity contribution is 5.94. The van der Waals surface area contributed by atoms with Crippen LogP contribution in [0.3, 0.4) is 0 Å². The van der Waals surface area contributed by atoms with Gasteiger partial charge in [0.05, 0.1) is 24.3 Å². The summed E-state index contributed by atoms with van der Waals surface area (Å²) in [5.74, 6) is 0.672. The number of aryl methyl sites for hydroxylation is 2. The number of benzene rings is 2. The van der Waals surface area contributed by atoms with Crippen LogP contribution in [0.5, 0.6) is 5.75 Å². The molecule has 138 valence electrons. The summed E-state index contributed by atoms with van der Waals surface area (Å²) >= 11 is 0. The molecule has 27 heavy (non-hydrogen) atoms.